The van der Waals surface area contributed by atoms with E-state index in [1.165, 1.54) is 10.4 Å². The molecule has 0 saturated carbocycles. The van der Waals surface area contributed by atoms with E-state index in [0.717, 1.165) is 63.4 Å². The lowest BCUT2D eigenvalue weighted by molar-refractivity contribution is -0.154. The van der Waals surface area contributed by atoms with Crippen molar-refractivity contribution in [3.8, 4) is 0 Å². The molecule has 7 atom stereocenters. The molecule has 4 rings (SSSR count). The monoisotopic (exact) mass is 658 g/mol. The summed E-state index contributed by atoms with van der Waals surface area (Å²) in [5.74, 6) is 0.775. The summed E-state index contributed by atoms with van der Waals surface area (Å²) >= 11 is 0. The molecule has 1 unspecified atom stereocenters. The van der Waals surface area contributed by atoms with Crippen LogP contribution < -0.4 is 10.4 Å². The fraction of sp³-hybridized carbons (Fsp3) is 0.595. The Morgan fingerprint density at radius 1 is 0.936 bits per heavy atom. The first-order chi connectivity index (χ1) is 22.4. The lowest BCUT2D eigenvalue weighted by atomic mass is 9.95. The van der Waals surface area contributed by atoms with Crippen molar-refractivity contribution >= 4 is 24.7 Å². The summed E-state index contributed by atoms with van der Waals surface area (Å²) in [7, 11) is -2.67. The fourth-order valence-electron chi connectivity index (χ4n) is 7.77. The van der Waals surface area contributed by atoms with Gasteiger partial charge in [0.25, 0.3) is 8.32 Å². The molecule has 1 saturated heterocycles. The molecule has 2 aliphatic heterocycles. The summed E-state index contributed by atoms with van der Waals surface area (Å²) in [5.41, 5.74) is 1.14. The van der Waals surface area contributed by atoms with Crippen LogP contribution in [0.4, 0.5) is 0 Å². The first-order valence-electron chi connectivity index (χ1n) is 18.4. The summed E-state index contributed by atoms with van der Waals surface area (Å²) in [4.78, 5) is 13.4. The van der Waals surface area contributed by atoms with Crippen LogP contribution in [0.15, 0.2) is 85.0 Å². The van der Waals surface area contributed by atoms with Crippen LogP contribution in [0, 0.1) is 17.8 Å². The van der Waals surface area contributed by atoms with E-state index in [0.29, 0.717) is 30.5 Å². The smallest absolute Gasteiger partial charge is 0.308 e. The number of allylic oxidation sites excluding steroid dienone is 1. The van der Waals surface area contributed by atoms with Gasteiger partial charge in [-0.15, -0.1) is 0 Å². The van der Waals surface area contributed by atoms with Gasteiger partial charge >= 0.3 is 5.97 Å². The molecule has 5 heteroatoms. The first kappa shape index (κ1) is 37.3. The molecule has 1 fully saturated rings. The molecular formula is C42H62O4Si. The third-order valence-electron chi connectivity index (χ3n) is 10.4. The quantitative estimate of drug-likeness (QED) is 0.169. The summed E-state index contributed by atoms with van der Waals surface area (Å²) < 4.78 is 20.1. The van der Waals surface area contributed by atoms with Gasteiger partial charge in [0, 0.05) is 12.5 Å². The lowest BCUT2D eigenvalue weighted by Crippen LogP contribution is -2.67. The summed E-state index contributed by atoms with van der Waals surface area (Å²) in [5, 5.41) is 2.48. The maximum absolute atomic E-state index is 13.4. The predicted molar refractivity (Wildman–Crippen MR) is 199 cm³/mol. The minimum Gasteiger partial charge on any atom is -0.462 e. The second-order valence-corrected chi connectivity index (χ2v) is 20.0. The molecule has 258 valence electrons. The maximum Gasteiger partial charge on any atom is 0.308 e. The van der Waals surface area contributed by atoms with Gasteiger partial charge in [0.15, 0.2) is 0 Å². The van der Waals surface area contributed by atoms with E-state index in [-0.39, 0.29) is 29.1 Å². The van der Waals surface area contributed by atoms with Crippen LogP contribution in [0.1, 0.15) is 113 Å². The Kier molecular flexibility index (Phi) is 13.7. The average molecular weight is 659 g/mol. The molecule has 47 heavy (non-hydrogen) atoms. The third-order valence-corrected chi connectivity index (χ3v) is 15.5. The molecule has 2 aromatic rings. The highest BCUT2D eigenvalue weighted by Crippen LogP contribution is 2.38. The van der Waals surface area contributed by atoms with Gasteiger partial charge in [-0.05, 0) is 79.1 Å². The fourth-order valence-corrected chi connectivity index (χ4v) is 12.5. The van der Waals surface area contributed by atoms with Gasteiger partial charge in [-0.2, -0.15) is 0 Å². The molecule has 0 N–H and O–H groups in total. The first-order valence-corrected chi connectivity index (χ1v) is 20.3. The van der Waals surface area contributed by atoms with Crippen LogP contribution in [0.3, 0.4) is 0 Å². The highest BCUT2D eigenvalue weighted by atomic mass is 28.4. The zero-order chi connectivity index (χ0) is 34.0. The van der Waals surface area contributed by atoms with Gasteiger partial charge in [0.1, 0.15) is 6.10 Å². The lowest BCUT2D eigenvalue weighted by Gasteiger charge is -2.44. The molecule has 0 amide bonds. The molecule has 4 nitrogen and oxygen atoms in total. The van der Waals surface area contributed by atoms with E-state index in [1.807, 2.05) is 6.92 Å². The van der Waals surface area contributed by atoms with Crippen LogP contribution in [-0.4, -0.2) is 38.7 Å². The zero-order valence-corrected chi connectivity index (χ0v) is 31.4. The Morgan fingerprint density at radius 2 is 1.55 bits per heavy atom. The summed E-state index contributed by atoms with van der Waals surface area (Å²) in [6.07, 6.45) is 14.4. The van der Waals surface area contributed by atoms with Crippen molar-refractivity contribution in [3.05, 3.63) is 85.0 Å². The number of hydrogen-bond donors (Lipinski definition) is 0. The molecule has 0 spiro atoms. The van der Waals surface area contributed by atoms with E-state index < -0.39 is 8.32 Å². The molecule has 2 aliphatic rings. The van der Waals surface area contributed by atoms with Gasteiger partial charge in [-0.1, -0.05) is 139 Å². The molecule has 2 aromatic carbocycles. The maximum atomic E-state index is 13.4. The zero-order valence-electron chi connectivity index (χ0n) is 30.4. The van der Waals surface area contributed by atoms with Crippen LogP contribution in [0.2, 0.25) is 5.04 Å². The minimum absolute atomic E-state index is 0.0134. The van der Waals surface area contributed by atoms with Gasteiger partial charge in [-0.25, -0.2) is 0 Å². The number of benzene rings is 2. The van der Waals surface area contributed by atoms with Gasteiger partial charge in [0.05, 0.1) is 18.1 Å². The van der Waals surface area contributed by atoms with Crippen LogP contribution in [0.25, 0.3) is 0 Å². The van der Waals surface area contributed by atoms with Gasteiger partial charge < -0.3 is 13.9 Å². The summed E-state index contributed by atoms with van der Waals surface area (Å²) in [6.45, 7) is 20.2. The highest BCUT2D eigenvalue weighted by Gasteiger charge is 2.51. The Morgan fingerprint density at radius 3 is 2.17 bits per heavy atom. The van der Waals surface area contributed by atoms with E-state index in [1.54, 1.807) is 0 Å². The minimum atomic E-state index is -2.67. The van der Waals surface area contributed by atoms with Gasteiger partial charge in [-0.3, -0.25) is 4.79 Å². The molecule has 2 heterocycles. The Labute approximate surface area is 287 Å². The SMILES string of the molecule is C=C1CC(CC[C@H](C)O[Si](c2ccccc2)(c2ccccc2)C(C)(C)C)OC(=O)[C@@H](C)CCCC[C@@H]2O[C@@H](C/C=C/[C@H](C)C1)C[C@@H]2C. The highest BCUT2D eigenvalue weighted by molar-refractivity contribution is 6.99. The molecule has 2 bridgehead atoms. The standard InChI is InChI=1S/C42H62O4Si/c1-31-18-17-20-36-30-34(4)40(44-36)25-16-15-19-33(3)41(43)45-37(29-32(2)28-31)27-26-35(5)46-47(42(6,7)8,38-21-11-9-12-22-38)39-23-13-10-14-24-39/h9-14,17-18,21-24,31,33-37,40H,2,15-16,19-20,25-30H2,1,3-8H3/b18-17+/t31-,33-,34-,35-,36-,37?,40-/m0/s1. The molecule has 0 radical (unpaired) electrons. The average Bonchev–Trinajstić information content (AvgIpc) is 3.38. The third kappa shape index (κ3) is 10.3. The van der Waals surface area contributed by atoms with Crippen molar-refractivity contribution in [1.29, 1.82) is 0 Å². The molecule has 0 aliphatic carbocycles. The number of esters is 1. The van der Waals surface area contributed by atoms with E-state index in [4.69, 9.17) is 13.9 Å². The largest absolute Gasteiger partial charge is 0.462 e. The van der Waals surface area contributed by atoms with E-state index in [2.05, 4.69) is 121 Å². The van der Waals surface area contributed by atoms with Crippen LogP contribution in [0.5, 0.6) is 0 Å². The Balaban J connectivity index is 1.49. The molecular weight excluding hydrogens is 597 g/mol. The number of cyclic esters (lactones) is 1. The second-order valence-electron chi connectivity index (χ2n) is 15.7. The topological polar surface area (TPSA) is 44.8 Å². The van der Waals surface area contributed by atoms with Crippen molar-refractivity contribution in [2.24, 2.45) is 17.8 Å². The number of rotatable bonds is 7. The van der Waals surface area contributed by atoms with Crippen LogP contribution in [-0.2, 0) is 18.7 Å². The van der Waals surface area contributed by atoms with E-state index in [9.17, 15) is 4.79 Å². The van der Waals surface area contributed by atoms with Crippen molar-refractivity contribution < 1.29 is 18.7 Å². The number of carbonyl (C=O) groups excluding carboxylic acids is 1. The van der Waals surface area contributed by atoms with Crippen molar-refractivity contribution in [3.63, 3.8) is 0 Å². The number of hydrogen-bond acceptors (Lipinski definition) is 4. The normalized spacial score (nSPS) is 28.6. The van der Waals surface area contributed by atoms with Crippen LogP contribution >= 0.6 is 0 Å². The predicted octanol–water partition coefficient (Wildman–Crippen LogP) is 9.57. The number of fused-ring (bicyclic) bond motifs is 2. The van der Waals surface area contributed by atoms with Crippen molar-refractivity contribution in [2.45, 2.75) is 142 Å². The second kappa shape index (κ2) is 17.3. The van der Waals surface area contributed by atoms with E-state index >= 15 is 0 Å². The van der Waals surface area contributed by atoms with Crippen molar-refractivity contribution in [2.75, 3.05) is 0 Å². The number of carbonyl (C=O) groups is 1. The van der Waals surface area contributed by atoms with Crippen molar-refractivity contribution in [1.82, 2.24) is 0 Å². The summed E-state index contributed by atoms with van der Waals surface area (Å²) in [6, 6.07) is 21.6. The molecule has 0 aromatic heterocycles. The Bertz CT molecular complexity index is 1240. The van der Waals surface area contributed by atoms with Gasteiger partial charge in [0.2, 0.25) is 0 Å². The number of ether oxygens (including phenoxy) is 2. The Hall–Kier alpha value is -2.47.